The molecule has 1 aromatic rings. The molecule has 0 atom stereocenters. The normalized spacial score (nSPS) is 21.5. The van der Waals surface area contributed by atoms with Gasteiger partial charge in [-0.05, 0) is 61.9 Å². The second kappa shape index (κ2) is 6.89. The van der Waals surface area contributed by atoms with Crippen molar-refractivity contribution in [1.29, 1.82) is 0 Å². The van der Waals surface area contributed by atoms with E-state index in [-0.39, 0.29) is 5.91 Å². The number of benzene rings is 1. The molecule has 0 radical (unpaired) electrons. The molecule has 0 saturated carbocycles. The van der Waals surface area contributed by atoms with Gasteiger partial charge in [-0.25, -0.2) is 0 Å². The van der Waals surface area contributed by atoms with Crippen molar-refractivity contribution in [3.05, 3.63) is 40.0 Å². The zero-order chi connectivity index (χ0) is 15.5. The molecule has 1 aromatic carbocycles. The highest BCUT2D eigenvalue weighted by atomic mass is 79.9. The Morgan fingerprint density at radius 3 is 2.77 bits per heavy atom. The number of carbonyl (C=O) groups is 1. The lowest BCUT2D eigenvalue weighted by Crippen LogP contribution is -2.43. The van der Waals surface area contributed by atoms with Gasteiger partial charge in [-0.3, -0.25) is 14.6 Å². The Labute approximate surface area is 144 Å². The van der Waals surface area contributed by atoms with E-state index >= 15 is 0 Å². The molecule has 3 rings (SSSR count). The first-order valence-corrected chi connectivity index (χ1v) is 8.66. The average molecular weight is 380 g/mol. The number of rotatable bonds is 3. The van der Waals surface area contributed by atoms with Crippen molar-refractivity contribution in [2.24, 2.45) is 0 Å². The summed E-state index contributed by atoms with van der Waals surface area (Å²) >= 11 is 8.76. The molecular formula is C16H18BrN3OS. The molecule has 1 N–H and O–H groups in total. The zero-order valence-corrected chi connectivity index (χ0v) is 14.6. The largest absolute Gasteiger partial charge is 0.328 e. The van der Waals surface area contributed by atoms with E-state index in [1.165, 1.54) is 19.3 Å². The van der Waals surface area contributed by atoms with Crippen LogP contribution >= 0.6 is 28.1 Å². The molecule has 22 heavy (non-hydrogen) atoms. The van der Waals surface area contributed by atoms with Gasteiger partial charge >= 0.3 is 0 Å². The highest BCUT2D eigenvalue weighted by Crippen LogP contribution is 2.18. The Morgan fingerprint density at radius 1 is 1.27 bits per heavy atom. The summed E-state index contributed by atoms with van der Waals surface area (Å²) in [5, 5.41) is 3.54. The van der Waals surface area contributed by atoms with Crippen LogP contribution < -0.4 is 5.32 Å². The maximum atomic E-state index is 12.5. The van der Waals surface area contributed by atoms with Crippen LogP contribution in [0.4, 0.5) is 0 Å². The lowest BCUT2D eigenvalue weighted by atomic mass is 10.1. The summed E-state index contributed by atoms with van der Waals surface area (Å²) in [5.41, 5.74) is 1.51. The van der Waals surface area contributed by atoms with Gasteiger partial charge in [0.15, 0.2) is 5.11 Å². The number of halogens is 1. The van der Waals surface area contributed by atoms with Gasteiger partial charge in [0.2, 0.25) is 0 Å². The van der Waals surface area contributed by atoms with Crippen molar-refractivity contribution < 1.29 is 4.79 Å². The summed E-state index contributed by atoms with van der Waals surface area (Å²) in [6.07, 6.45) is 5.52. The van der Waals surface area contributed by atoms with E-state index in [2.05, 4.69) is 26.1 Å². The van der Waals surface area contributed by atoms with E-state index < -0.39 is 0 Å². The van der Waals surface area contributed by atoms with Crippen LogP contribution in [0, 0.1) is 0 Å². The third-order valence-electron chi connectivity index (χ3n) is 3.91. The minimum absolute atomic E-state index is 0.0458. The number of hydrogen-bond acceptors (Lipinski definition) is 3. The van der Waals surface area contributed by atoms with E-state index in [1.54, 1.807) is 4.90 Å². The van der Waals surface area contributed by atoms with Gasteiger partial charge in [0.1, 0.15) is 5.70 Å². The number of amides is 1. The van der Waals surface area contributed by atoms with Gasteiger partial charge in [-0.1, -0.05) is 34.5 Å². The molecule has 6 heteroatoms. The fourth-order valence-electron chi connectivity index (χ4n) is 2.76. The summed E-state index contributed by atoms with van der Waals surface area (Å²) in [6, 6.07) is 7.83. The van der Waals surface area contributed by atoms with Crippen molar-refractivity contribution in [3.63, 3.8) is 0 Å². The maximum absolute atomic E-state index is 12.5. The van der Waals surface area contributed by atoms with Crippen LogP contribution in [0.1, 0.15) is 24.8 Å². The van der Waals surface area contributed by atoms with E-state index in [4.69, 9.17) is 12.2 Å². The summed E-state index contributed by atoms with van der Waals surface area (Å²) in [7, 11) is 0. The summed E-state index contributed by atoms with van der Waals surface area (Å²) in [6.45, 7) is 2.66. The predicted molar refractivity (Wildman–Crippen MR) is 95.0 cm³/mol. The standard InChI is InChI=1S/C16H18BrN3OS/c17-13-6-4-5-12(9-13)10-14-15(21)20(16(22)18-14)11-19-7-2-1-3-8-19/h4-6,9-10H,1-3,7-8,11H2,(H,18,22)/b14-10-. The van der Waals surface area contributed by atoms with Crippen LogP contribution in [0.3, 0.4) is 0 Å². The molecular weight excluding hydrogens is 362 g/mol. The number of piperidine rings is 1. The number of carbonyl (C=O) groups excluding carboxylic acids is 1. The van der Waals surface area contributed by atoms with E-state index in [0.29, 0.717) is 17.5 Å². The number of nitrogens with zero attached hydrogens (tertiary/aromatic N) is 2. The van der Waals surface area contributed by atoms with Crippen LogP contribution in [0.25, 0.3) is 6.08 Å². The minimum Gasteiger partial charge on any atom is -0.328 e. The van der Waals surface area contributed by atoms with Gasteiger partial charge in [0, 0.05) is 4.47 Å². The average Bonchev–Trinajstić information content (AvgIpc) is 2.76. The molecule has 1 amide bonds. The molecule has 0 aliphatic carbocycles. The monoisotopic (exact) mass is 379 g/mol. The van der Waals surface area contributed by atoms with Crippen LogP contribution in [0.5, 0.6) is 0 Å². The van der Waals surface area contributed by atoms with Crippen molar-refractivity contribution in [2.45, 2.75) is 19.3 Å². The predicted octanol–water partition coefficient (Wildman–Crippen LogP) is 2.95. The number of likely N-dealkylation sites (tertiary alicyclic amines) is 1. The van der Waals surface area contributed by atoms with Crippen molar-refractivity contribution in [1.82, 2.24) is 15.1 Å². The molecule has 0 spiro atoms. The van der Waals surface area contributed by atoms with Crippen LogP contribution in [-0.2, 0) is 4.79 Å². The molecule has 2 aliphatic heterocycles. The van der Waals surface area contributed by atoms with Crippen molar-refractivity contribution in [3.8, 4) is 0 Å². The Balaban J connectivity index is 1.73. The fourth-order valence-corrected chi connectivity index (χ4v) is 3.43. The van der Waals surface area contributed by atoms with E-state index in [9.17, 15) is 4.79 Å². The molecule has 0 unspecified atom stereocenters. The lowest BCUT2D eigenvalue weighted by Gasteiger charge is -2.29. The molecule has 2 heterocycles. The summed E-state index contributed by atoms with van der Waals surface area (Å²) in [4.78, 5) is 16.5. The number of nitrogens with one attached hydrogen (secondary N) is 1. The Hall–Kier alpha value is -1.24. The highest BCUT2D eigenvalue weighted by Gasteiger charge is 2.32. The third kappa shape index (κ3) is 3.56. The third-order valence-corrected chi connectivity index (χ3v) is 4.73. The smallest absolute Gasteiger partial charge is 0.277 e. The zero-order valence-electron chi connectivity index (χ0n) is 12.2. The highest BCUT2D eigenvalue weighted by molar-refractivity contribution is 9.10. The first kappa shape index (κ1) is 15.6. The Kier molecular flexibility index (Phi) is 4.90. The van der Waals surface area contributed by atoms with Gasteiger partial charge in [-0.15, -0.1) is 0 Å². The first-order valence-electron chi connectivity index (χ1n) is 7.46. The quantitative estimate of drug-likeness (QED) is 0.646. The lowest BCUT2D eigenvalue weighted by molar-refractivity contribution is -0.123. The molecule has 0 aromatic heterocycles. The summed E-state index contributed by atoms with van der Waals surface area (Å²) in [5.74, 6) is -0.0458. The molecule has 4 nitrogen and oxygen atoms in total. The topological polar surface area (TPSA) is 35.6 Å². The Morgan fingerprint density at radius 2 is 2.05 bits per heavy atom. The van der Waals surface area contributed by atoms with Crippen LogP contribution in [0.15, 0.2) is 34.4 Å². The number of hydrogen-bond donors (Lipinski definition) is 1. The van der Waals surface area contributed by atoms with Crippen LogP contribution in [-0.4, -0.2) is 40.6 Å². The Bertz CT molecular complexity index is 626. The molecule has 0 bridgehead atoms. The molecule has 2 aliphatic rings. The molecule has 2 saturated heterocycles. The maximum Gasteiger partial charge on any atom is 0.277 e. The first-order chi connectivity index (χ1) is 10.6. The van der Waals surface area contributed by atoms with E-state index in [1.807, 2.05) is 30.3 Å². The van der Waals surface area contributed by atoms with Gasteiger partial charge < -0.3 is 5.32 Å². The van der Waals surface area contributed by atoms with Gasteiger partial charge in [0.25, 0.3) is 5.91 Å². The molecule has 116 valence electrons. The van der Waals surface area contributed by atoms with E-state index in [0.717, 1.165) is 23.1 Å². The second-order valence-electron chi connectivity index (χ2n) is 5.60. The second-order valence-corrected chi connectivity index (χ2v) is 6.90. The van der Waals surface area contributed by atoms with Gasteiger partial charge in [-0.2, -0.15) is 0 Å². The minimum atomic E-state index is -0.0458. The summed E-state index contributed by atoms with van der Waals surface area (Å²) < 4.78 is 0.986. The molecule has 2 fully saturated rings. The van der Waals surface area contributed by atoms with Crippen molar-refractivity contribution in [2.75, 3.05) is 19.8 Å². The SMILES string of the molecule is O=C1/C(=C/c2cccc(Br)c2)NC(=S)N1CN1CCCCC1. The van der Waals surface area contributed by atoms with Crippen molar-refractivity contribution >= 4 is 45.2 Å². The number of thiocarbonyl (C=S) groups is 1. The fraction of sp³-hybridized carbons (Fsp3) is 0.375. The van der Waals surface area contributed by atoms with Crippen LogP contribution in [0.2, 0.25) is 0 Å². The van der Waals surface area contributed by atoms with Gasteiger partial charge in [0.05, 0.1) is 6.67 Å².